The first-order chi connectivity index (χ1) is 12.0. The molecule has 0 aliphatic rings. The van der Waals surface area contributed by atoms with Crippen LogP contribution in [0.25, 0.3) is 5.82 Å². The van der Waals surface area contributed by atoms with E-state index in [1.165, 1.54) is 11.0 Å². The van der Waals surface area contributed by atoms with Gasteiger partial charge in [-0.15, -0.1) is 4.40 Å². The number of halogens is 4. The predicted octanol–water partition coefficient (Wildman–Crippen LogP) is 2.09. The zero-order chi connectivity index (χ0) is 19.7. The molecule has 13 heteroatoms. The van der Waals surface area contributed by atoms with Crippen LogP contribution < -0.4 is 0 Å². The van der Waals surface area contributed by atoms with Crippen molar-refractivity contribution in [2.75, 3.05) is 14.1 Å². The maximum absolute atomic E-state index is 12.9. The van der Waals surface area contributed by atoms with Crippen molar-refractivity contribution in [1.29, 1.82) is 5.26 Å². The van der Waals surface area contributed by atoms with Gasteiger partial charge in [0.05, 0.1) is 0 Å². The molecular weight excluding hydrogens is 397 g/mol. The molecule has 0 atom stereocenters. The second-order valence-corrected chi connectivity index (χ2v) is 7.04. The molecule has 138 valence electrons. The van der Waals surface area contributed by atoms with E-state index >= 15 is 0 Å². The van der Waals surface area contributed by atoms with Crippen molar-refractivity contribution < 1.29 is 21.6 Å². The number of sulfonamides is 1. The molecule has 26 heavy (non-hydrogen) atoms. The van der Waals surface area contributed by atoms with Gasteiger partial charge in [0.25, 0.3) is 10.0 Å². The predicted molar refractivity (Wildman–Crippen MR) is 85.5 cm³/mol. The highest BCUT2D eigenvalue weighted by molar-refractivity contribution is 7.90. The van der Waals surface area contributed by atoms with Crippen LogP contribution in [0.4, 0.5) is 13.2 Å². The first kappa shape index (κ1) is 19.7. The number of nitriles is 1. The van der Waals surface area contributed by atoms with E-state index < -0.39 is 32.6 Å². The standard InChI is InChI=1S/C13H10ClF3N6O2S/c1-22(2)7-20-26(24,25)8-3-4-10(19-6-8)23-12(14)9(5-18)11(21-23)13(15,16)17/h3-4,6-7H,1-2H3. The van der Waals surface area contributed by atoms with E-state index in [0.717, 1.165) is 24.7 Å². The van der Waals surface area contributed by atoms with Crippen LogP contribution in [-0.2, 0) is 16.2 Å². The molecule has 0 saturated carbocycles. The fourth-order valence-corrected chi connectivity index (χ4v) is 2.83. The lowest BCUT2D eigenvalue weighted by Gasteiger charge is -2.05. The number of aromatic nitrogens is 3. The average Bonchev–Trinajstić information content (AvgIpc) is 2.90. The molecule has 0 aliphatic carbocycles. The van der Waals surface area contributed by atoms with E-state index in [0.29, 0.717) is 4.68 Å². The molecule has 2 aromatic rings. The number of rotatable bonds is 4. The Morgan fingerprint density at radius 3 is 2.46 bits per heavy atom. The van der Waals surface area contributed by atoms with Gasteiger partial charge in [0, 0.05) is 20.3 Å². The van der Waals surface area contributed by atoms with Crippen LogP contribution in [0, 0.1) is 11.3 Å². The van der Waals surface area contributed by atoms with Crippen molar-refractivity contribution in [2.45, 2.75) is 11.1 Å². The number of hydrogen-bond donors (Lipinski definition) is 0. The van der Waals surface area contributed by atoms with Gasteiger partial charge in [-0.25, -0.2) is 9.67 Å². The SMILES string of the molecule is CN(C)C=NS(=O)(=O)c1ccc(-n2nc(C(F)(F)F)c(C#N)c2Cl)nc1. The minimum absolute atomic E-state index is 0.197. The molecule has 0 saturated heterocycles. The lowest BCUT2D eigenvalue weighted by Crippen LogP contribution is -2.11. The van der Waals surface area contributed by atoms with Crippen molar-refractivity contribution in [1.82, 2.24) is 19.7 Å². The van der Waals surface area contributed by atoms with Crippen molar-refractivity contribution in [3.8, 4) is 11.9 Å². The van der Waals surface area contributed by atoms with Crippen LogP contribution in [0.1, 0.15) is 11.3 Å². The molecule has 0 amide bonds. The Labute approximate surface area is 151 Å². The van der Waals surface area contributed by atoms with Gasteiger partial charge in [0.2, 0.25) is 0 Å². The first-order valence-electron chi connectivity index (χ1n) is 6.66. The molecule has 2 rings (SSSR count). The highest BCUT2D eigenvalue weighted by Gasteiger charge is 2.39. The summed E-state index contributed by atoms with van der Waals surface area (Å²) in [5, 5.41) is 11.5. The monoisotopic (exact) mass is 406 g/mol. The van der Waals surface area contributed by atoms with Gasteiger partial charge in [0.15, 0.2) is 16.7 Å². The van der Waals surface area contributed by atoms with E-state index in [1.54, 1.807) is 14.1 Å². The molecule has 0 aliphatic heterocycles. The number of pyridine rings is 1. The van der Waals surface area contributed by atoms with Crippen LogP contribution in [0.2, 0.25) is 5.15 Å². The molecule has 0 aromatic carbocycles. The molecule has 0 bridgehead atoms. The topological polar surface area (TPSA) is 104 Å². The maximum atomic E-state index is 12.9. The third-order valence-electron chi connectivity index (χ3n) is 2.86. The van der Waals surface area contributed by atoms with Crippen LogP contribution in [-0.4, -0.2) is 48.5 Å². The minimum Gasteiger partial charge on any atom is -0.368 e. The highest BCUT2D eigenvalue weighted by atomic mass is 35.5. The third kappa shape index (κ3) is 3.94. The zero-order valence-corrected chi connectivity index (χ0v) is 14.8. The zero-order valence-electron chi connectivity index (χ0n) is 13.2. The summed E-state index contributed by atoms with van der Waals surface area (Å²) in [6, 6.07) is 3.52. The van der Waals surface area contributed by atoms with E-state index in [4.69, 9.17) is 16.9 Å². The fraction of sp³-hybridized carbons (Fsp3) is 0.231. The summed E-state index contributed by atoms with van der Waals surface area (Å²) in [5.74, 6) is -0.197. The minimum atomic E-state index is -4.88. The molecule has 0 unspecified atom stereocenters. The normalized spacial score (nSPS) is 12.3. The summed E-state index contributed by atoms with van der Waals surface area (Å²) in [4.78, 5) is 4.88. The Balaban J connectivity index is 2.48. The average molecular weight is 407 g/mol. The van der Waals surface area contributed by atoms with Crippen molar-refractivity contribution in [3.63, 3.8) is 0 Å². The van der Waals surface area contributed by atoms with Gasteiger partial charge < -0.3 is 4.90 Å². The maximum Gasteiger partial charge on any atom is 0.436 e. The lowest BCUT2D eigenvalue weighted by atomic mass is 10.2. The summed E-state index contributed by atoms with van der Waals surface area (Å²) in [7, 11) is -0.876. The van der Waals surface area contributed by atoms with E-state index in [-0.39, 0.29) is 10.7 Å². The Bertz CT molecular complexity index is 991. The molecule has 8 nitrogen and oxygen atoms in total. The van der Waals surface area contributed by atoms with Gasteiger partial charge in [-0.3, -0.25) is 0 Å². The third-order valence-corrected chi connectivity index (χ3v) is 4.42. The van der Waals surface area contributed by atoms with Crippen LogP contribution in [0.15, 0.2) is 27.6 Å². The fourth-order valence-electron chi connectivity index (χ4n) is 1.71. The number of nitrogens with zero attached hydrogens (tertiary/aromatic N) is 6. The smallest absolute Gasteiger partial charge is 0.368 e. The number of hydrogen-bond acceptors (Lipinski definition) is 5. The highest BCUT2D eigenvalue weighted by Crippen LogP contribution is 2.34. The second kappa shape index (κ2) is 6.93. The molecule has 2 heterocycles. The summed E-state index contributed by atoms with van der Waals surface area (Å²) in [6.07, 6.45) is -2.92. The quantitative estimate of drug-likeness (QED) is 0.568. The van der Waals surface area contributed by atoms with Gasteiger partial charge in [-0.2, -0.15) is 31.9 Å². The van der Waals surface area contributed by atoms with Gasteiger partial charge in [-0.05, 0) is 12.1 Å². The van der Waals surface area contributed by atoms with Crippen LogP contribution in [0.3, 0.4) is 0 Å². The number of alkyl halides is 3. The Kier molecular flexibility index (Phi) is 5.24. The lowest BCUT2D eigenvalue weighted by molar-refractivity contribution is -0.141. The Morgan fingerprint density at radius 1 is 1.38 bits per heavy atom. The molecular formula is C13H10ClF3N6O2S. The Hall–Kier alpha value is -2.65. The molecule has 0 radical (unpaired) electrons. The van der Waals surface area contributed by atoms with Crippen molar-refractivity contribution in [2.24, 2.45) is 4.40 Å². The summed E-state index contributed by atoms with van der Waals surface area (Å²) < 4.78 is 66.7. The van der Waals surface area contributed by atoms with Gasteiger partial charge in [-0.1, -0.05) is 11.6 Å². The second-order valence-electron chi connectivity index (χ2n) is 5.05. The summed E-state index contributed by atoms with van der Waals surface area (Å²) in [5.41, 5.74) is -2.31. The van der Waals surface area contributed by atoms with Gasteiger partial charge >= 0.3 is 6.18 Å². The van der Waals surface area contributed by atoms with Crippen LogP contribution in [0.5, 0.6) is 0 Å². The largest absolute Gasteiger partial charge is 0.436 e. The summed E-state index contributed by atoms with van der Waals surface area (Å²) in [6.45, 7) is 0. The molecule has 0 fully saturated rings. The Morgan fingerprint density at radius 2 is 2.04 bits per heavy atom. The summed E-state index contributed by atoms with van der Waals surface area (Å²) >= 11 is 5.78. The molecule has 0 spiro atoms. The molecule has 0 N–H and O–H groups in total. The first-order valence-corrected chi connectivity index (χ1v) is 8.48. The van der Waals surface area contributed by atoms with E-state index in [9.17, 15) is 21.6 Å². The van der Waals surface area contributed by atoms with Gasteiger partial charge in [0.1, 0.15) is 22.9 Å². The van der Waals surface area contributed by atoms with E-state index in [1.807, 2.05) is 0 Å². The van der Waals surface area contributed by atoms with E-state index in [2.05, 4.69) is 14.5 Å². The van der Waals surface area contributed by atoms with Crippen LogP contribution >= 0.6 is 11.6 Å². The van der Waals surface area contributed by atoms with Crippen molar-refractivity contribution in [3.05, 3.63) is 34.7 Å². The molecule has 2 aromatic heterocycles. The van der Waals surface area contributed by atoms with Crippen molar-refractivity contribution >= 4 is 28.0 Å².